The van der Waals surface area contributed by atoms with Crippen LogP contribution in [0, 0.1) is 0 Å². The van der Waals surface area contributed by atoms with E-state index in [0.717, 1.165) is 24.6 Å². The van der Waals surface area contributed by atoms with Crippen LogP contribution in [0.1, 0.15) is 11.1 Å². The lowest BCUT2D eigenvalue weighted by Crippen LogP contribution is -2.19. The number of hydrogen-bond acceptors (Lipinski definition) is 3. The topological polar surface area (TPSA) is 21.7 Å². The van der Waals surface area contributed by atoms with Gasteiger partial charge >= 0.3 is 0 Å². The standard InChI is InChI=1S/C23H23NO2.ClH/c1-24(17-18-11-12-22-23(16-18)26-15-14-25-22)13-5-9-20-8-4-7-19-6-2-3-10-21(19)20;/h2-12,16H,13-15,17H2,1H3;1H/b9-5+;. The largest absolute Gasteiger partial charge is 0.486 e. The summed E-state index contributed by atoms with van der Waals surface area (Å²) in [6, 6.07) is 21.1. The molecule has 0 unspecified atom stereocenters. The summed E-state index contributed by atoms with van der Waals surface area (Å²) in [7, 11) is 2.13. The molecule has 0 bridgehead atoms. The van der Waals surface area contributed by atoms with Gasteiger partial charge in [-0.2, -0.15) is 0 Å². The van der Waals surface area contributed by atoms with Crippen LogP contribution in [0.2, 0.25) is 0 Å². The van der Waals surface area contributed by atoms with Gasteiger partial charge in [-0.05, 0) is 41.1 Å². The van der Waals surface area contributed by atoms with E-state index in [1.807, 2.05) is 6.07 Å². The van der Waals surface area contributed by atoms with Gasteiger partial charge in [0.2, 0.25) is 0 Å². The van der Waals surface area contributed by atoms with Crippen LogP contribution in [0.15, 0.2) is 66.7 Å². The molecule has 3 aromatic carbocycles. The van der Waals surface area contributed by atoms with Crippen molar-refractivity contribution in [3.63, 3.8) is 0 Å². The molecule has 4 rings (SSSR count). The molecule has 1 heterocycles. The fourth-order valence-electron chi connectivity index (χ4n) is 3.32. The average Bonchev–Trinajstić information content (AvgIpc) is 2.68. The molecule has 0 saturated carbocycles. The van der Waals surface area contributed by atoms with Crippen LogP contribution in [0.3, 0.4) is 0 Å². The number of hydrogen-bond donors (Lipinski definition) is 0. The molecule has 4 heteroatoms. The maximum absolute atomic E-state index is 5.67. The first-order chi connectivity index (χ1) is 12.8. The van der Waals surface area contributed by atoms with Gasteiger partial charge in [-0.1, -0.05) is 60.7 Å². The van der Waals surface area contributed by atoms with Crippen LogP contribution < -0.4 is 9.47 Å². The van der Waals surface area contributed by atoms with Gasteiger partial charge in [-0.15, -0.1) is 12.4 Å². The summed E-state index contributed by atoms with van der Waals surface area (Å²) in [5.74, 6) is 1.70. The maximum atomic E-state index is 5.67. The molecule has 0 aliphatic carbocycles. The highest BCUT2D eigenvalue weighted by Gasteiger charge is 2.12. The summed E-state index contributed by atoms with van der Waals surface area (Å²) in [4.78, 5) is 2.28. The van der Waals surface area contributed by atoms with Gasteiger partial charge in [-0.25, -0.2) is 0 Å². The normalized spacial score (nSPS) is 13.1. The van der Waals surface area contributed by atoms with Gasteiger partial charge in [0.1, 0.15) is 13.2 Å². The molecule has 0 amide bonds. The lowest BCUT2D eigenvalue weighted by Gasteiger charge is -2.20. The molecule has 0 aromatic heterocycles. The summed E-state index contributed by atoms with van der Waals surface area (Å²) in [6.45, 7) is 3.01. The van der Waals surface area contributed by atoms with Crippen molar-refractivity contribution < 1.29 is 9.47 Å². The number of ether oxygens (including phenoxy) is 2. The highest BCUT2D eigenvalue weighted by atomic mass is 35.5. The minimum Gasteiger partial charge on any atom is -0.486 e. The van der Waals surface area contributed by atoms with Crippen LogP contribution in [-0.4, -0.2) is 31.7 Å². The Morgan fingerprint density at radius 3 is 2.59 bits per heavy atom. The molecule has 1 aliphatic heterocycles. The Morgan fingerprint density at radius 1 is 0.926 bits per heavy atom. The zero-order chi connectivity index (χ0) is 17.8. The molecular weight excluding hydrogens is 358 g/mol. The number of benzene rings is 3. The highest BCUT2D eigenvalue weighted by Crippen LogP contribution is 2.31. The smallest absolute Gasteiger partial charge is 0.161 e. The van der Waals surface area contributed by atoms with Crippen molar-refractivity contribution in [2.45, 2.75) is 6.54 Å². The third-order valence-electron chi connectivity index (χ3n) is 4.60. The quantitative estimate of drug-likeness (QED) is 0.608. The Hall–Kier alpha value is -2.49. The minimum atomic E-state index is 0. The van der Waals surface area contributed by atoms with E-state index in [2.05, 4.69) is 78.7 Å². The second-order valence-corrected chi connectivity index (χ2v) is 6.65. The summed E-state index contributed by atoms with van der Waals surface area (Å²) in [5, 5.41) is 2.57. The SMILES string of the molecule is CN(C/C=C/c1cccc2ccccc12)Cc1ccc2c(c1)OCCO2.Cl. The van der Waals surface area contributed by atoms with Crippen molar-refractivity contribution in [2.24, 2.45) is 0 Å². The summed E-state index contributed by atoms with van der Waals surface area (Å²) in [6.07, 6.45) is 4.43. The molecule has 0 N–H and O–H groups in total. The van der Waals surface area contributed by atoms with Gasteiger partial charge in [0.15, 0.2) is 11.5 Å². The molecule has 140 valence electrons. The second-order valence-electron chi connectivity index (χ2n) is 6.65. The predicted molar refractivity (Wildman–Crippen MR) is 114 cm³/mol. The Bertz CT molecular complexity index is 933. The number of halogens is 1. The molecule has 0 fully saturated rings. The van der Waals surface area contributed by atoms with Crippen LogP contribution in [0.4, 0.5) is 0 Å². The minimum absolute atomic E-state index is 0. The lowest BCUT2D eigenvalue weighted by molar-refractivity contribution is 0.171. The Balaban J connectivity index is 0.00000210. The Morgan fingerprint density at radius 2 is 1.70 bits per heavy atom. The zero-order valence-corrected chi connectivity index (χ0v) is 16.2. The Labute approximate surface area is 166 Å². The van der Waals surface area contributed by atoms with Crippen LogP contribution in [-0.2, 0) is 6.54 Å². The molecule has 1 aliphatic rings. The molecular formula is C23H24ClNO2. The van der Waals surface area contributed by atoms with E-state index >= 15 is 0 Å². The van der Waals surface area contributed by atoms with E-state index in [1.165, 1.54) is 21.9 Å². The zero-order valence-electron chi connectivity index (χ0n) is 15.4. The summed E-state index contributed by atoms with van der Waals surface area (Å²) >= 11 is 0. The maximum Gasteiger partial charge on any atom is 0.161 e. The number of nitrogens with zero attached hydrogens (tertiary/aromatic N) is 1. The highest BCUT2D eigenvalue weighted by molar-refractivity contribution is 5.90. The van der Waals surface area contributed by atoms with Crippen molar-refractivity contribution >= 4 is 29.3 Å². The molecule has 0 radical (unpaired) electrons. The van der Waals surface area contributed by atoms with Crippen molar-refractivity contribution in [3.05, 3.63) is 77.9 Å². The molecule has 3 nitrogen and oxygen atoms in total. The van der Waals surface area contributed by atoms with Crippen molar-refractivity contribution in [2.75, 3.05) is 26.8 Å². The van der Waals surface area contributed by atoms with E-state index in [-0.39, 0.29) is 12.4 Å². The van der Waals surface area contributed by atoms with Crippen LogP contribution >= 0.6 is 12.4 Å². The van der Waals surface area contributed by atoms with Crippen LogP contribution in [0.5, 0.6) is 11.5 Å². The molecule has 0 spiro atoms. The van der Waals surface area contributed by atoms with E-state index in [1.54, 1.807) is 0 Å². The first-order valence-corrected chi connectivity index (χ1v) is 9.01. The van der Waals surface area contributed by atoms with Gasteiger partial charge < -0.3 is 9.47 Å². The van der Waals surface area contributed by atoms with Crippen molar-refractivity contribution in [1.29, 1.82) is 0 Å². The van der Waals surface area contributed by atoms with Gasteiger partial charge in [0.05, 0.1) is 0 Å². The third kappa shape index (κ3) is 4.62. The van der Waals surface area contributed by atoms with Gasteiger partial charge in [0, 0.05) is 13.1 Å². The predicted octanol–water partition coefficient (Wildman–Crippen LogP) is 5.18. The van der Waals surface area contributed by atoms with E-state index in [4.69, 9.17) is 9.47 Å². The lowest BCUT2D eigenvalue weighted by atomic mass is 10.0. The van der Waals surface area contributed by atoms with E-state index < -0.39 is 0 Å². The van der Waals surface area contributed by atoms with Crippen molar-refractivity contribution in [3.8, 4) is 11.5 Å². The fourth-order valence-corrected chi connectivity index (χ4v) is 3.32. The summed E-state index contributed by atoms with van der Waals surface area (Å²) < 4.78 is 11.3. The third-order valence-corrected chi connectivity index (χ3v) is 4.60. The van der Waals surface area contributed by atoms with Gasteiger partial charge in [-0.3, -0.25) is 4.90 Å². The van der Waals surface area contributed by atoms with Gasteiger partial charge in [0.25, 0.3) is 0 Å². The summed E-state index contributed by atoms with van der Waals surface area (Å²) in [5.41, 5.74) is 2.49. The van der Waals surface area contributed by atoms with E-state index in [0.29, 0.717) is 13.2 Å². The average molecular weight is 382 g/mol. The first-order valence-electron chi connectivity index (χ1n) is 9.01. The number of fused-ring (bicyclic) bond motifs is 2. The monoisotopic (exact) mass is 381 g/mol. The van der Waals surface area contributed by atoms with Crippen LogP contribution in [0.25, 0.3) is 16.8 Å². The molecule has 0 saturated heterocycles. The van der Waals surface area contributed by atoms with Crippen molar-refractivity contribution in [1.82, 2.24) is 4.90 Å². The fraction of sp³-hybridized carbons (Fsp3) is 0.217. The Kier molecular flexibility index (Phi) is 6.38. The second kappa shape index (κ2) is 8.94. The first kappa shape index (κ1) is 19.3. The number of rotatable bonds is 5. The number of likely N-dealkylation sites (N-methyl/N-ethyl adjacent to an activating group) is 1. The van der Waals surface area contributed by atoms with E-state index in [9.17, 15) is 0 Å². The molecule has 3 aromatic rings. The molecule has 0 atom stereocenters. The molecule has 27 heavy (non-hydrogen) atoms.